The van der Waals surface area contributed by atoms with Gasteiger partial charge in [-0.15, -0.1) is 0 Å². The number of nitrogens with zero attached hydrogens (tertiary/aromatic N) is 2. The van der Waals surface area contributed by atoms with Crippen molar-refractivity contribution in [3.8, 4) is 11.8 Å². The number of allylic oxidation sites excluding steroid dienone is 8. The Balaban J connectivity index is 2.43. The molecule has 0 saturated heterocycles. The quantitative estimate of drug-likeness (QED) is 0.0532. The van der Waals surface area contributed by atoms with Crippen LogP contribution in [0, 0.1) is 5.92 Å². The molecule has 0 radical (unpaired) electrons. The molecule has 1 N–H and O–H groups in total. The molecule has 314 valence electrons. The molecule has 0 spiro atoms. The molecule has 1 rings (SSSR count). The lowest BCUT2D eigenvalue weighted by Crippen LogP contribution is -2.34. The zero-order valence-corrected chi connectivity index (χ0v) is 36.1. The fourth-order valence-electron chi connectivity index (χ4n) is 6.64. The van der Waals surface area contributed by atoms with Crippen LogP contribution in [0.3, 0.4) is 0 Å². The first-order valence-electron chi connectivity index (χ1n) is 22.9. The van der Waals surface area contributed by atoms with Crippen molar-refractivity contribution in [1.82, 2.24) is 9.88 Å². The lowest BCUT2D eigenvalue weighted by molar-refractivity contribution is -0.142. The Labute approximate surface area is 339 Å². The van der Waals surface area contributed by atoms with E-state index in [1.54, 1.807) is 0 Å². The first-order valence-corrected chi connectivity index (χ1v) is 22.9. The Kier molecular flexibility index (Phi) is 34.7. The number of hydrogen-bond donors (Lipinski definition) is 1. The molecule has 6 heteroatoms. The van der Waals surface area contributed by atoms with Crippen LogP contribution in [0.5, 0.6) is 11.8 Å². The van der Waals surface area contributed by atoms with Crippen LogP contribution in [0.2, 0.25) is 0 Å². The van der Waals surface area contributed by atoms with Crippen molar-refractivity contribution in [2.75, 3.05) is 32.8 Å². The third-order valence-corrected chi connectivity index (χ3v) is 10.2. The number of carboxylic acid groups (broad SMARTS) is 1. The first kappa shape index (κ1) is 50.2. The number of carbonyl (C=O) groups is 1. The van der Waals surface area contributed by atoms with Crippen LogP contribution in [0.1, 0.15) is 187 Å². The number of carboxylic acids is 1. The molecule has 0 amide bonds. The van der Waals surface area contributed by atoms with Gasteiger partial charge in [-0.05, 0) is 102 Å². The van der Waals surface area contributed by atoms with Crippen LogP contribution in [-0.4, -0.2) is 53.8 Å². The highest BCUT2D eigenvalue weighted by atomic mass is 16.5. The molecule has 0 aliphatic heterocycles. The maximum Gasteiger partial charge on any atom is 0.308 e. The molecule has 0 aliphatic rings. The molecule has 1 atom stereocenters. The van der Waals surface area contributed by atoms with Gasteiger partial charge in [0.05, 0.1) is 19.1 Å². The number of rotatable bonds is 39. The summed E-state index contributed by atoms with van der Waals surface area (Å²) in [6, 6.07) is 3.84. The Bertz CT molecular complexity index is 1070. The summed E-state index contributed by atoms with van der Waals surface area (Å²) in [6.45, 7) is 12.1. The van der Waals surface area contributed by atoms with Gasteiger partial charge < -0.3 is 19.5 Å². The van der Waals surface area contributed by atoms with Crippen LogP contribution in [0.4, 0.5) is 0 Å². The van der Waals surface area contributed by atoms with E-state index in [9.17, 15) is 9.90 Å². The predicted molar refractivity (Wildman–Crippen MR) is 237 cm³/mol. The first-order chi connectivity index (χ1) is 27.0. The lowest BCUT2D eigenvalue weighted by atomic mass is 9.99. The average Bonchev–Trinajstić information content (AvgIpc) is 3.18. The lowest BCUT2D eigenvalue weighted by Gasteiger charge is -2.23. The molecule has 0 bridgehead atoms. The van der Waals surface area contributed by atoms with Gasteiger partial charge in [0.25, 0.3) is 0 Å². The Hall–Kier alpha value is -2.86. The van der Waals surface area contributed by atoms with Gasteiger partial charge in [-0.2, -0.15) is 4.98 Å². The van der Waals surface area contributed by atoms with E-state index in [-0.39, 0.29) is 0 Å². The second-order valence-corrected chi connectivity index (χ2v) is 15.2. The Morgan fingerprint density at radius 1 is 0.582 bits per heavy atom. The molecular weight excluding hydrogens is 681 g/mol. The summed E-state index contributed by atoms with van der Waals surface area (Å²) in [6.07, 6.45) is 48.0. The average molecular weight is 765 g/mol. The van der Waals surface area contributed by atoms with Gasteiger partial charge in [0.1, 0.15) is 0 Å². The van der Waals surface area contributed by atoms with E-state index in [2.05, 4.69) is 86.2 Å². The van der Waals surface area contributed by atoms with Crippen LogP contribution in [-0.2, 0) is 11.2 Å². The Morgan fingerprint density at radius 2 is 0.964 bits per heavy atom. The number of pyridine rings is 1. The molecule has 0 fully saturated rings. The van der Waals surface area contributed by atoms with Crippen molar-refractivity contribution in [1.29, 1.82) is 0 Å². The number of aliphatic carboxylic acids is 1. The molecule has 0 aromatic carbocycles. The maximum absolute atomic E-state index is 12.2. The monoisotopic (exact) mass is 765 g/mol. The zero-order chi connectivity index (χ0) is 39.9. The summed E-state index contributed by atoms with van der Waals surface area (Å²) in [5.74, 6) is -0.183. The van der Waals surface area contributed by atoms with Gasteiger partial charge in [0.15, 0.2) is 0 Å². The van der Waals surface area contributed by atoms with E-state index < -0.39 is 11.9 Å². The van der Waals surface area contributed by atoms with Gasteiger partial charge in [-0.25, -0.2) is 0 Å². The summed E-state index contributed by atoms with van der Waals surface area (Å²) >= 11 is 0. The van der Waals surface area contributed by atoms with Crippen molar-refractivity contribution in [2.24, 2.45) is 5.92 Å². The highest BCUT2D eigenvalue weighted by Crippen LogP contribution is 2.23. The fraction of sp³-hybridized carbons (Fsp3) is 0.714. The third kappa shape index (κ3) is 31.0. The third-order valence-electron chi connectivity index (χ3n) is 10.2. The van der Waals surface area contributed by atoms with E-state index in [0.29, 0.717) is 37.9 Å². The number of hydrogen-bond acceptors (Lipinski definition) is 5. The van der Waals surface area contributed by atoms with E-state index in [1.807, 2.05) is 12.1 Å². The van der Waals surface area contributed by atoms with Crippen LogP contribution >= 0.6 is 0 Å². The number of aromatic nitrogens is 1. The zero-order valence-electron chi connectivity index (χ0n) is 36.1. The topological polar surface area (TPSA) is 71.9 Å². The molecule has 1 aromatic heterocycles. The molecule has 6 nitrogen and oxygen atoms in total. The highest BCUT2D eigenvalue weighted by Gasteiger charge is 2.21. The van der Waals surface area contributed by atoms with Crippen molar-refractivity contribution in [3.05, 3.63) is 66.3 Å². The van der Waals surface area contributed by atoms with Gasteiger partial charge in [-0.3, -0.25) is 4.79 Å². The summed E-state index contributed by atoms with van der Waals surface area (Å²) in [7, 11) is 0. The highest BCUT2D eigenvalue weighted by molar-refractivity contribution is 5.70. The van der Waals surface area contributed by atoms with E-state index >= 15 is 0 Å². The van der Waals surface area contributed by atoms with Gasteiger partial charge in [-0.1, -0.05) is 153 Å². The van der Waals surface area contributed by atoms with Gasteiger partial charge in [0, 0.05) is 18.7 Å². The van der Waals surface area contributed by atoms with Crippen LogP contribution in [0.15, 0.2) is 60.7 Å². The van der Waals surface area contributed by atoms with Crippen molar-refractivity contribution >= 4 is 5.97 Å². The van der Waals surface area contributed by atoms with E-state index in [1.165, 1.54) is 116 Å². The molecular formula is C49H84N2O4. The second kappa shape index (κ2) is 38.0. The molecule has 1 heterocycles. The predicted octanol–water partition coefficient (Wildman–Crippen LogP) is 14.1. The Morgan fingerprint density at radius 3 is 1.35 bits per heavy atom. The van der Waals surface area contributed by atoms with E-state index in [4.69, 9.17) is 9.47 Å². The number of unbranched alkanes of at least 4 members (excludes halogenated alkanes) is 18. The summed E-state index contributed by atoms with van der Waals surface area (Å²) in [4.78, 5) is 19.1. The van der Waals surface area contributed by atoms with Crippen LogP contribution in [0.25, 0.3) is 0 Å². The molecule has 1 aromatic rings. The van der Waals surface area contributed by atoms with Crippen molar-refractivity contribution in [3.63, 3.8) is 0 Å². The summed E-state index contributed by atoms with van der Waals surface area (Å²) in [5.41, 5.74) is 0.911. The standard InChI is InChI=1S/C49H84N2O4/c1-5-9-11-13-15-17-19-21-23-25-27-29-31-33-35-37-39-54-47-42-45(41-46(49(52)53)44-51(7-3)8-4)43-48(50-47)55-40-38-36-34-32-30-28-26-24-22-20-18-16-14-12-10-6-2/h15-18,21-24,42-43,46H,5-14,19-20,25-41,44H2,1-4H3,(H,52,53)/b17-15-,18-16-,23-21-,24-22-. The minimum Gasteiger partial charge on any atom is -0.481 e. The largest absolute Gasteiger partial charge is 0.481 e. The minimum atomic E-state index is -0.767. The summed E-state index contributed by atoms with van der Waals surface area (Å²) in [5, 5.41) is 10.0. The van der Waals surface area contributed by atoms with Crippen LogP contribution < -0.4 is 9.47 Å². The molecule has 1 unspecified atom stereocenters. The normalized spacial score (nSPS) is 12.7. The minimum absolute atomic E-state index is 0.428. The number of ether oxygens (including phenoxy) is 2. The molecule has 0 aliphatic carbocycles. The van der Waals surface area contributed by atoms with Crippen molar-refractivity contribution < 1.29 is 19.4 Å². The molecule has 55 heavy (non-hydrogen) atoms. The maximum atomic E-state index is 12.2. The molecule has 0 saturated carbocycles. The SMILES string of the molecule is CCCCC/C=C\C/C=C\CCCCCCCCOc1cc(CC(CN(CC)CC)C(=O)O)cc(OCCCCCCCC/C=C\C/C=C\CCCCC)n1. The van der Waals surface area contributed by atoms with E-state index in [0.717, 1.165) is 57.2 Å². The second-order valence-electron chi connectivity index (χ2n) is 15.2. The fourth-order valence-corrected chi connectivity index (χ4v) is 6.64. The smallest absolute Gasteiger partial charge is 0.308 e. The summed E-state index contributed by atoms with van der Waals surface area (Å²) < 4.78 is 12.3. The van der Waals surface area contributed by atoms with Crippen molar-refractivity contribution in [2.45, 2.75) is 188 Å². The van der Waals surface area contributed by atoms with Gasteiger partial charge >= 0.3 is 5.97 Å². The van der Waals surface area contributed by atoms with Gasteiger partial charge in [0.2, 0.25) is 11.8 Å².